The predicted molar refractivity (Wildman–Crippen MR) is 101 cm³/mol. The van der Waals surface area contributed by atoms with Crippen molar-refractivity contribution in [1.29, 1.82) is 0 Å². The van der Waals surface area contributed by atoms with E-state index in [1.165, 1.54) is 23.5 Å². The molecule has 0 aromatic rings. The Kier molecular flexibility index (Phi) is 7.82. The number of hydrogen-bond acceptors (Lipinski definition) is 10. The number of hydrazone groups is 2. The van der Waals surface area contributed by atoms with Gasteiger partial charge in [-0.3, -0.25) is 10.9 Å². The van der Waals surface area contributed by atoms with Crippen LogP contribution in [-0.4, -0.2) is 45.7 Å². The van der Waals surface area contributed by atoms with E-state index in [2.05, 4.69) is 41.5 Å². The zero-order chi connectivity index (χ0) is 16.5. The fraction of sp³-hybridized carbons (Fsp3) is 0.500. The largest absolute Gasteiger partial charge is 0.254 e. The highest BCUT2D eigenvalue weighted by molar-refractivity contribution is 8.13. The number of hydrogen-bond donors (Lipinski definition) is 2. The van der Waals surface area contributed by atoms with Gasteiger partial charge in [0.15, 0.2) is 0 Å². The Labute approximate surface area is 138 Å². The van der Waals surface area contributed by atoms with Crippen molar-refractivity contribution in [3.63, 3.8) is 0 Å². The van der Waals surface area contributed by atoms with E-state index in [-0.39, 0.29) is 0 Å². The first kappa shape index (κ1) is 18.4. The van der Waals surface area contributed by atoms with Gasteiger partial charge in [-0.25, -0.2) is 0 Å². The molecule has 22 heavy (non-hydrogen) atoms. The molecule has 0 bridgehead atoms. The van der Waals surface area contributed by atoms with Gasteiger partial charge in [0, 0.05) is 0 Å². The maximum atomic E-state index is 4.23. The van der Waals surface area contributed by atoms with Crippen LogP contribution in [0.3, 0.4) is 0 Å². The molecule has 1 heterocycles. The normalized spacial score (nSPS) is 31.7. The molecule has 1 aliphatic heterocycles. The van der Waals surface area contributed by atoms with Gasteiger partial charge in [-0.15, -0.1) is 10.2 Å². The molecule has 0 atom stereocenters. The molecule has 120 valence electrons. The molecule has 1 aliphatic rings. The highest BCUT2D eigenvalue weighted by atomic mass is 32.2. The first-order valence-electron chi connectivity index (χ1n) is 6.41. The Morgan fingerprint density at radius 1 is 0.591 bits per heavy atom. The van der Waals surface area contributed by atoms with Crippen molar-refractivity contribution < 1.29 is 0 Å². The first-order chi connectivity index (χ1) is 10.5. The zero-order valence-corrected chi connectivity index (χ0v) is 15.1. The predicted octanol–water partition coefficient (Wildman–Crippen LogP) is 2.12. The molecule has 0 aliphatic carbocycles. The average Bonchev–Trinajstić information content (AvgIpc) is 2.53. The molecular weight excluding hydrogens is 320 g/mol. The van der Waals surface area contributed by atoms with E-state index in [4.69, 9.17) is 0 Å². The van der Waals surface area contributed by atoms with Crippen molar-refractivity contribution in [2.24, 2.45) is 30.6 Å². The van der Waals surface area contributed by atoms with Crippen molar-refractivity contribution in [1.82, 2.24) is 10.9 Å². The van der Waals surface area contributed by atoms with Crippen molar-refractivity contribution in [2.45, 2.75) is 27.7 Å². The van der Waals surface area contributed by atoms with Gasteiger partial charge in [0.2, 0.25) is 10.3 Å². The van der Waals surface area contributed by atoms with E-state index in [0.717, 1.165) is 0 Å². The SMILES string of the molecule is CS/C1=N/N=C(C)/C(C)=N\N\C(SC)=N/N=C(C)/C(C)=N\N1. The monoisotopic (exact) mass is 340 g/mol. The lowest BCUT2D eigenvalue weighted by atomic mass is 10.3. The van der Waals surface area contributed by atoms with Crippen LogP contribution in [0.25, 0.3) is 0 Å². The Bertz CT molecular complexity index is 534. The van der Waals surface area contributed by atoms with E-state index in [1.807, 2.05) is 40.2 Å². The van der Waals surface area contributed by atoms with E-state index >= 15 is 0 Å². The van der Waals surface area contributed by atoms with Crippen LogP contribution >= 0.6 is 23.5 Å². The van der Waals surface area contributed by atoms with Crippen LogP contribution in [0.5, 0.6) is 0 Å². The minimum atomic E-state index is 0.581. The number of nitrogens with one attached hydrogen (secondary N) is 2. The van der Waals surface area contributed by atoms with Gasteiger partial charge in [-0.1, -0.05) is 23.5 Å². The summed E-state index contributed by atoms with van der Waals surface area (Å²) in [7, 11) is 0. The zero-order valence-electron chi connectivity index (χ0n) is 13.5. The molecule has 0 amide bonds. The number of amidine groups is 2. The summed E-state index contributed by atoms with van der Waals surface area (Å²) in [6.07, 6.45) is 3.78. The fourth-order valence-corrected chi connectivity index (χ4v) is 1.55. The molecule has 10 heteroatoms. The first-order valence-corrected chi connectivity index (χ1v) is 8.86. The van der Waals surface area contributed by atoms with Crippen LogP contribution in [0.1, 0.15) is 27.7 Å². The Morgan fingerprint density at radius 3 is 1.27 bits per heavy atom. The van der Waals surface area contributed by atoms with Crippen LogP contribution in [-0.2, 0) is 0 Å². The van der Waals surface area contributed by atoms with Gasteiger partial charge in [-0.2, -0.15) is 20.4 Å². The second-order valence-electron chi connectivity index (χ2n) is 4.21. The van der Waals surface area contributed by atoms with Gasteiger partial charge < -0.3 is 0 Å². The van der Waals surface area contributed by atoms with Crippen LogP contribution in [0.2, 0.25) is 0 Å². The average molecular weight is 340 g/mol. The van der Waals surface area contributed by atoms with Crippen LogP contribution in [0.4, 0.5) is 0 Å². The fourth-order valence-electron chi connectivity index (χ4n) is 1.03. The summed E-state index contributed by atoms with van der Waals surface area (Å²) < 4.78 is 0. The van der Waals surface area contributed by atoms with Crippen molar-refractivity contribution in [3.8, 4) is 0 Å². The van der Waals surface area contributed by atoms with Crippen LogP contribution < -0.4 is 10.9 Å². The third-order valence-electron chi connectivity index (χ3n) is 2.65. The van der Waals surface area contributed by atoms with E-state index in [9.17, 15) is 0 Å². The third kappa shape index (κ3) is 5.98. The second kappa shape index (κ2) is 9.36. The highest BCUT2D eigenvalue weighted by Crippen LogP contribution is 2.00. The maximum Gasteiger partial charge on any atom is 0.203 e. The number of thioether (sulfide) groups is 2. The van der Waals surface area contributed by atoms with Crippen molar-refractivity contribution in [3.05, 3.63) is 0 Å². The summed E-state index contributed by atoms with van der Waals surface area (Å²) in [6.45, 7) is 7.35. The molecule has 1 rings (SSSR count). The molecule has 8 nitrogen and oxygen atoms in total. The van der Waals surface area contributed by atoms with Gasteiger partial charge in [-0.05, 0) is 40.2 Å². The third-order valence-corrected chi connectivity index (χ3v) is 3.77. The molecular formula is C12H20N8S2. The minimum Gasteiger partial charge on any atom is -0.254 e. The molecule has 0 fully saturated rings. The Balaban J connectivity index is 3.24. The Hall–Kier alpha value is -1.68. The quantitative estimate of drug-likeness (QED) is 0.705. The number of rotatable bonds is 0. The van der Waals surface area contributed by atoms with E-state index in [0.29, 0.717) is 33.2 Å². The molecule has 0 radical (unpaired) electrons. The minimum absolute atomic E-state index is 0.581. The van der Waals surface area contributed by atoms with Crippen LogP contribution in [0.15, 0.2) is 30.6 Å². The van der Waals surface area contributed by atoms with Gasteiger partial charge >= 0.3 is 0 Å². The lowest BCUT2D eigenvalue weighted by Gasteiger charge is -2.05. The smallest absolute Gasteiger partial charge is 0.203 e. The highest BCUT2D eigenvalue weighted by Gasteiger charge is 2.03. The summed E-state index contributed by atoms with van der Waals surface area (Å²) in [6, 6.07) is 0. The van der Waals surface area contributed by atoms with Gasteiger partial charge in [0.25, 0.3) is 0 Å². The molecule has 0 saturated carbocycles. The van der Waals surface area contributed by atoms with E-state index < -0.39 is 0 Å². The lowest BCUT2D eigenvalue weighted by molar-refractivity contribution is 1.01. The molecule has 0 unspecified atom stereocenters. The summed E-state index contributed by atoms with van der Waals surface area (Å²) in [5.74, 6) is 0. The molecule has 0 aromatic heterocycles. The lowest BCUT2D eigenvalue weighted by Crippen LogP contribution is -2.21. The summed E-state index contributed by atoms with van der Waals surface area (Å²) in [5.41, 5.74) is 8.55. The number of nitrogens with zero attached hydrogens (tertiary/aromatic N) is 6. The van der Waals surface area contributed by atoms with E-state index in [1.54, 1.807) is 0 Å². The van der Waals surface area contributed by atoms with Gasteiger partial charge in [0.1, 0.15) is 0 Å². The van der Waals surface area contributed by atoms with Crippen LogP contribution in [0, 0.1) is 0 Å². The summed E-state index contributed by atoms with van der Waals surface area (Å²) in [5, 5.41) is 26.2. The van der Waals surface area contributed by atoms with Gasteiger partial charge in [0.05, 0.1) is 22.8 Å². The van der Waals surface area contributed by atoms with Crippen molar-refractivity contribution >= 4 is 56.7 Å². The standard InChI is InChI=1S/C12H20N8S2/c1-7-8(2)14-18-12(22-6)20-16-10(4)9(3)15-19-11(21-5)17-13-7/h1-6H3,(H,17,19)(H,18,20)/b13-7-,14-8+,15-9+,16-10-. The van der Waals surface area contributed by atoms with Crippen molar-refractivity contribution in [2.75, 3.05) is 12.5 Å². The molecule has 0 saturated heterocycles. The Morgan fingerprint density at radius 2 is 0.955 bits per heavy atom. The molecule has 0 aromatic carbocycles. The topological polar surface area (TPSA) is 98.2 Å². The molecule has 2 N–H and O–H groups in total. The second-order valence-corrected chi connectivity index (χ2v) is 5.80. The molecule has 0 spiro atoms. The summed E-state index contributed by atoms with van der Waals surface area (Å²) in [4.78, 5) is 0. The summed E-state index contributed by atoms with van der Waals surface area (Å²) >= 11 is 2.83. The maximum absolute atomic E-state index is 4.23.